The lowest BCUT2D eigenvalue weighted by atomic mass is 9.80. The van der Waals surface area contributed by atoms with Crippen molar-refractivity contribution in [2.75, 3.05) is 6.54 Å². The lowest BCUT2D eigenvalue weighted by Gasteiger charge is -2.40. The molecule has 2 rings (SSSR count). The van der Waals surface area contributed by atoms with Gasteiger partial charge in [0.25, 0.3) is 0 Å². The molecular formula is C17H32N2OS. The summed E-state index contributed by atoms with van der Waals surface area (Å²) in [7, 11) is 0. The summed E-state index contributed by atoms with van der Waals surface area (Å²) in [6.45, 7) is 5.41. The molecule has 2 aliphatic rings. The van der Waals surface area contributed by atoms with Crippen LogP contribution in [0.3, 0.4) is 0 Å². The Bertz CT molecular complexity index is 350. The average Bonchev–Trinajstić information content (AvgIpc) is 2.45. The highest BCUT2D eigenvalue weighted by atomic mass is 32.2. The van der Waals surface area contributed by atoms with Crippen molar-refractivity contribution in [2.45, 2.75) is 87.7 Å². The Kier molecular flexibility index (Phi) is 6.42. The summed E-state index contributed by atoms with van der Waals surface area (Å²) < 4.78 is 0. The van der Waals surface area contributed by atoms with Gasteiger partial charge in [0.2, 0.25) is 5.91 Å². The molecule has 3 N–H and O–H groups in total. The molecule has 4 heteroatoms. The minimum Gasteiger partial charge on any atom is -0.368 e. The number of amides is 1. The fraction of sp³-hybridized carbons (Fsp3) is 0.941. The summed E-state index contributed by atoms with van der Waals surface area (Å²) in [6.07, 6.45) is 10.7. The van der Waals surface area contributed by atoms with Crippen LogP contribution in [0, 0.1) is 5.92 Å². The number of rotatable bonds is 6. The minimum atomic E-state index is -0.438. The van der Waals surface area contributed by atoms with Crippen molar-refractivity contribution in [3.05, 3.63) is 0 Å². The lowest BCUT2D eigenvalue weighted by molar-refractivity contribution is -0.125. The van der Waals surface area contributed by atoms with E-state index in [1.165, 1.54) is 32.1 Å². The van der Waals surface area contributed by atoms with E-state index in [1.54, 1.807) is 0 Å². The fourth-order valence-corrected chi connectivity index (χ4v) is 5.92. The monoisotopic (exact) mass is 312 g/mol. The molecule has 0 radical (unpaired) electrons. The molecule has 2 aliphatic carbocycles. The van der Waals surface area contributed by atoms with Gasteiger partial charge in [-0.05, 0) is 57.4 Å². The summed E-state index contributed by atoms with van der Waals surface area (Å²) >= 11 is 2.15. The van der Waals surface area contributed by atoms with Crippen LogP contribution in [0.5, 0.6) is 0 Å². The van der Waals surface area contributed by atoms with Gasteiger partial charge in [-0.15, -0.1) is 0 Å². The molecule has 0 saturated heterocycles. The first-order chi connectivity index (χ1) is 10.1. The maximum Gasteiger partial charge on any atom is 0.237 e. The van der Waals surface area contributed by atoms with Crippen LogP contribution in [0.25, 0.3) is 0 Å². The third-order valence-corrected chi connectivity index (χ3v) is 6.76. The number of carbonyl (C=O) groups excluding carboxylic acids is 1. The Hall–Kier alpha value is -0.220. The molecule has 21 heavy (non-hydrogen) atoms. The van der Waals surface area contributed by atoms with Crippen molar-refractivity contribution in [3.8, 4) is 0 Å². The van der Waals surface area contributed by atoms with Crippen LogP contribution >= 0.6 is 11.8 Å². The first-order valence-electron chi connectivity index (χ1n) is 8.76. The van der Waals surface area contributed by atoms with Crippen LogP contribution in [0.1, 0.15) is 71.6 Å². The van der Waals surface area contributed by atoms with Crippen LogP contribution in [0.2, 0.25) is 0 Å². The van der Waals surface area contributed by atoms with Gasteiger partial charge < -0.3 is 11.1 Å². The standard InChI is InChI=1S/C17H32N2OS/c1-3-10-19-17(16(18)20)9-5-8-15(12-17)21-14-7-4-6-13(2)11-14/h13-15,19H,3-12H2,1-2H3,(H2,18,20). The molecule has 0 aromatic heterocycles. The van der Waals surface area contributed by atoms with Crippen molar-refractivity contribution < 1.29 is 4.79 Å². The Morgan fingerprint density at radius 2 is 2.05 bits per heavy atom. The predicted octanol–water partition coefficient (Wildman–Crippen LogP) is 3.46. The zero-order valence-corrected chi connectivity index (χ0v) is 14.5. The molecule has 4 unspecified atom stereocenters. The van der Waals surface area contributed by atoms with Gasteiger partial charge in [0, 0.05) is 10.5 Å². The maximum atomic E-state index is 12.0. The Morgan fingerprint density at radius 1 is 1.29 bits per heavy atom. The molecule has 122 valence electrons. The topological polar surface area (TPSA) is 55.1 Å². The number of carbonyl (C=O) groups is 1. The largest absolute Gasteiger partial charge is 0.368 e. The highest BCUT2D eigenvalue weighted by Crippen LogP contribution is 2.41. The van der Waals surface area contributed by atoms with Gasteiger partial charge in [-0.2, -0.15) is 11.8 Å². The molecule has 0 aliphatic heterocycles. The highest BCUT2D eigenvalue weighted by molar-refractivity contribution is 8.00. The van der Waals surface area contributed by atoms with Gasteiger partial charge in [0.05, 0.1) is 5.54 Å². The summed E-state index contributed by atoms with van der Waals surface area (Å²) in [5.74, 6) is 0.734. The van der Waals surface area contributed by atoms with Gasteiger partial charge in [0.1, 0.15) is 0 Å². The van der Waals surface area contributed by atoms with Gasteiger partial charge in [0.15, 0.2) is 0 Å². The van der Waals surface area contributed by atoms with E-state index in [0.29, 0.717) is 5.25 Å². The number of nitrogens with one attached hydrogen (secondary N) is 1. The smallest absolute Gasteiger partial charge is 0.237 e. The summed E-state index contributed by atoms with van der Waals surface area (Å²) in [4.78, 5) is 12.0. The molecule has 0 aromatic carbocycles. The second-order valence-electron chi connectivity index (χ2n) is 7.12. The Balaban J connectivity index is 1.93. The van der Waals surface area contributed by atoms with E-state index >= 15 is 0 Å². The molecule has 0 spiro atoms. The van der Waals surface area contributed by atoms with Crippen molar-refractivity contribution in [1.82, 2.24) is 5.32 Å². The summed E-state index contributed by atoms with van der Waals surface area (Å²) in [6, 6.07) is 0. The molecule has 2 saturated carbocycles. The van der Waals surface area contributed by atoms with Gasteiger partial charge in [-0.3, -0.25) is 4.79 Å². The van der Waals surface area contributed by atoms with Crippen molar-refractivity contribution in [3.63, 3.8) is 0 Å². The van der Waals surface area contributed by atoms with Gasteiger partial charge >= 0.3 is 0 Å². The van der Waals surface area contributed by atoms with E-state index in [2.05, 4.69) is 30.9 Å². The molecule has 0 aromatic rings. The van der Waals surface area contributed by atoms with Gasteiger partial charge in [-0.25, -0.2) is 0 Å². The fourth-order valence-electron chi connectivity index (χ4n) is 3.95. The molecule has 1 amide bonds. The van der Waals surface area contributed by atoms with Crippen molar-refractivity contribution in [1.29, 1.82) is 0 Å². The van der Waals surface area contributed by atoms with Crippen LogP contribution in [-0.2, 0) is 4.79 Å². The number of primary amides is 1. The third kappa shape index (κ3) is 4.62. The Labute approximate surface area is 134 Å². The van der Waals surface area contributed by atoms with E-state index in [0.717, 1.165) is 43.4 Å². The van der Waals surface area contributed by atoms with Gasteiger partial charge in [-0.1, -0.05) is 26.7 Å². The maximum absolute atomic E-state index is 12.0. The highest BCUT2D eigenvalue weighted by Gasteiger charge is 2.41. The number of hydrogen-bond acceptors (Lipinski definition) is 3. The number of nitrogens with two attached hydrogens (primary N) is 1. The molecule has 0 bridgehead atoms. The first kappa shape index (κ1) is 17.1. The van der Waals surface area contributed by atoms with Crippen LogP contribution in [-0.4, -0.2) is 28.5 Å². The third-order valence-electron chi connectivity index (χ3n) is 5.16. The summed E-state index contributed by atoms with van der Waals surface area (Å²) in [5.41, 5.74) is 5.31. The van der Waals surface area contributed by atoms with E-state index in [-0.39, 0.29) is 5.91 Å². The average molecular weight is 313 g/mol. The zero-order valence-electron chi connectivity index (χ0n) is 13.7. The van der Waals surface area contributed by atoms with E-state index in [1.807, 2.05) is 0 Å². The quantitative estimate of drug-likeness (QED) is 0.789. The van der Waals surface area contributed by atoms with Crippen molar-refractivity contribution >= 4 is 17.7 Å². The van der Waals surface area contributed by atoms with Crippen LogP contribution < -0.4 is 11.1 Å². The second-order valence-corrected chi connectivity index (χ2v) is 8.73. The molecule has 4 atom stereocenters. The molecule has 3 nitrogen and oxygen atoms in total. The van der Waals surface area contributed by atoms with Crippen LogP contribution in [0.4, 0.5) is 0 Å². The number of hydrogen-bond donors (Lipinski definition) is 2. The van der Waals surface area contributed by atoms with E-state index in [9.17, 15) is 4.79 Å². The summed E-state index contributed by atoms with van der Waals surface area (Å²) in [5, 5.41) is 4.87. The predicted molar refractivity (Wildman–Crippen MR) is 91.5 cm³/mol. The minimum absolute atomic E-state index is 0.140. The van der Waals surface area contributed by atoms with Crippen molar-refractivity contribution in [2.24, 2.45) is 11.7 Å². The molecule has 2 fully saturated rings. The Morgan fingerprint density at radius 3 is 2.71 bits per heavy atom. The normalized spacial score (nSPS) is 37.3. The number of thioether (sulfide) groups is 1. The SMILES string of the molecule is CCCNC1(C(N)=O)CCCC(SC2CCCC(C)C2)C1. The lowest BCUT2D eigenvalue weighted by Crippen LogP contribution is -2.58. The zero-order chi connectivity index (χ0) is 15.3. The van der Waals surface area contributed by atoms with Crippen LogP contribution in [0.15, 0.2) is 0 Å². The second kappa shape index (κ2) is 7.87. The molecule has 0 heterocycles. The first-order valence-corrected chi connectivity index (χ1v) is 9.70. The van der Waals surface area contributed by atoms with E-state index in [4.69, 9.17) is 5.73 Å². The molecular weight excluding hydrogens is 280 g/mol. The van der Waals surface area contributed by atoms with E-state index < -0.39 is 5.54 Å².